The van der Waals surface area contributed by atoms with E-state index in [-0.39, 0.29) is 23.2 Å². The van der Waals surface area contributed by atoms with Crippen molar-refractivity contribution in [2.24, 2.45) is 0 Å². The van der Waals surface area contributed by atoms with E-state index in [4.69, 9.17) is 0 Å². The van der Waals surface area contributed by atoms with Crippen LogP contribution in [0.5, 0.6) is 5.75 Å². The molecule has 0 unspecified atom stereocenters. The first-order valence-electron chi connectivity index (χ1n) is 7.22. The van der Waals surface area contributed by atoms with Crippen LogP contribution in [0.4, 0.5) is 13.2 Å². The highest BCUT2D eigenvalue weighted by Crippen LogP contribution is 2.18. The molecule has 2 rings (SSSR count). The zero-order chi connectivity index (χ0) is 17.4. The number of carbonyl (C=O) groups is 1. The van der Waals surface area contributed by atoms with Gasteiger partial charge in [-0.25, -0.2) is 4.39 Å². The molecule has 0 saturated carbocycles. The zero-order valence-electron chi connectivity index (χ0n) is 12.7. The molecule has 3 nitrogen and oxygen atoms in total. The van der Waals surface area contributed by atoms with E-state index in [9.17, 15) is 18.0 Å². The lowest BCUT2D eigenvalue weighted by Gasteiger charge is -2.07. The molecule has 0 heterocycles. The summed E-state index contributed by atoms with van der Waals surface area (Å²) in [5.74, 6) is -0.0866. The number of benzene rings is 2. The average molecular weight is 355 g/mol. The van der Waals surface area contributed by atoms with Crippen LogP contribution < -0.4 is 10.1 Å². The molecule has 0 aliphatic rings. The molecule has 0 aliphatic heterocycles. The topological polar surface area (TPSA) is 38.3 Å². The molecule has 0 saturated heterocycles. The van der Waals surface area contributed by atoms with E-state index < -0.39 is 6.61 Å². The maximum atomic E-state index is 12.8. The number of ether oxygens (including phenoxy) is 1. The minimum absolute atomic E-state index is 0.105. The van der Waals surface area contributed by atoms with E-state index in [1.54, 1.807) is 24.3 Å². The second-order valence-electron chi connectivity index (χ2n) is 4.87. The lowest BCUT2D eigenvalue weighted by Crippen LogP contribution is -2.27. The number of hydrogen-bond donors (Lipinski definition) is 1. The van der Waals surface area contributed by atoms with Gasteiger partial charge < -0.3 is 10.1 Å². The van der Waals surface area contributed by atoms with Crippen molar-refractivity contribution in [1.82, 2.24) is 5.32 Å². The predicted octanol–water partition coefficient (Wildman–Crippen LogP) is 3.88. The summed E-state index contributed by atoms with van der Waals surface area (Å²) in [4.78, 5) is 12.6. The van der Waals surface area contributed by atoms with Gasteiger partial charge >= 0.3 is 6.61 Å². The van der Waals surface area contributed by atoms with Crippen LogP contribution in [0, 0.1) is 5.82 Å². The molecule has 0 fully saturated rings. The Morgan fingerprint density at radius 1 is 1.08 bits per heavy atom. The summed E-state index contributed by atoms with van der Waals surface area (Å²) in [5.41, 5.74) is 0.906. The molecule has 1 amide bonds. The van der Waals surface area contributed by atoms with Gasteiger partial charge in [-0.1, -0.05) is 12.1 Å². The average Bonchev–Trinajstić information content (AvgIpc) is 2.55. The Morgan fingerprint density at radius 3 is 2.38 bits per heavy atom. The van der Waals surface area contributed by atoms with E-state index in [1.165, 1.54) is 36.0 Å². The number of halogens is 3. The summed E-state index contributed by atoms with van der Waals surface area (Å²) in [6, 6.07) is 12.2. The SMILES string of the molecule is O=C(CSc1ccc(F)cc1)NCCc1ccc(OC(F)F)cc1. The first kappa shape index (κ1) is 18.2. The third-order valence-corrected chi connectivity index (χ3v) is 4.08. The number of thioether (sulfide) groups is 1. The van der Waals surface area contributed by atoms with Crippen molar-refractivity contribution in [3.8, 4) is 5.75 Å². The molecule has 0 atom stereocenters. The lowest BCUT2D eigenvalue weighted by molar-refractivity contribution is -0.118. The molecule has 0 radical (unpaired) electrons. The van der Waals surface area contributed by atoms with Crippen LogP contribution in [-0.2, 0) is 11.2 Å². The minimum Gasteiger partial charge on any atom is -0.435 e. The molecule has 0 bridgehead atoms. The Kier molecular flexibility index (Phi) is 6.99. The van der Waals surface area contributed by atoms with Crippen molar-refractivity contribution in [2.45, 2.75) is 17.9 Å². The lowest BCUT2D eigenvalue weighted by atomic mass is 10.1. The summed E-state index contributed by atoms with van der Waals surface area (Å²) < 4.78 is 41.1. The van der Waals surface area contributed by atoms with Crippen LogP contribution in [0.15, 0.2) is 53.4 Å². The summed E-state index contributed by atoms with van der Waals surface area (Å²) in [6.45, 7) is -2.40. The van der Waals surface area contributed by atoms with E-state index in [1.807, 2.05) is 0 Å². The Morgan fingerprint density at radius 2 is 1.75 bits per heavy atom. The fraction of sp³-hybridized carbons (Fsp3) is 0.235. The molecular weight excluding hydrogens is 339 g/mol. The molecule has 0 aliphatic carbocycles. The van der Waals surface area contributed by atoms with Gasteiger partial charge in [0, 0.05) is 11.4 Å². The van der Waals surface area contributed by atoms with Crippen molar-refractivity contribution in [3.05, 3.63) is 59.9 Å². The Labute approximate surface area is 142 Å². The van der Waals surface area contributed by atoms with E-state index in [2.05, 4.69) is 10.1 Å². The number of alkyl halides is 2. The number of carbonyl (C=O) groups excluding carboxylic acids is 1. The van der Waals surface area contributed by atoms with Gasteiger partial charge in [0.2, 0.25) is 5.91 Å². The molecule has 2 aromatic carbocycles. The van der Waals surface area contributed by atoms with Crippen molar-refractivity contribution >= 4 is 17.7 Å². The summed E-state index contributed by atoms with van der Waals surface area (Å²) in [7, 11) is 0. The van der Waals surface area contributed by atoms with Crippen LogP contribution in [0.1, 0.15) is 5.56 Å². The highest BCUT2D eigenvalue weighted by atomic mass is 32.2. The fourth-order valence-electron chi connectivity index (χ4n) is 1.91. The first-order chi connectivity index (χ1) is 11.5. The quantitative estimate of drug-likeness (QED) is 0.731. The van der Waals surface area contributed by atoms with Gasteiger partial charge in [0.05, 0.1) is 5.75 Å². The highest BCUT2D eigenvalue weighted by molar-refractivity contribution is 8.00. The van der Waals surface area contributed by atoms with Gasteiger partial charge in [-0.3, -0.25) is 4.79 Å². The fourth-order valence-corrected chi connectivity index (χ4v) is 2.64. The van der Waals surface area contributed by atoms with Gasteiger partial charge in [-0.15, -0.1) is 11.8 Å². The monoisotopic (exact) mass is 355 g/mol. The molecule has 0 spiro atoms. The third kappa shape index (κ3) is 6.54. The smallest absolute Gasteiger partial charge is 0.387 e. The maximum Gasteiger partial charge on any atom is 0.387 e. The second kappa shape index (κ2) is 9.22. The van der Waals surface area contributed by atoms with Crippen LogP contribution in [0.2, 0.25) is 0 Å². The predicted molar refractivity (Wildman–Crippen MR) is 86.9 cm³/mol. The van der Waals surface area contributed by atoms with Gasteiger partial charge in [0.1, 0.15) is 11.6 Å². The van der Waals surface area contributed by atoms with Crippen LogP contribution in [-0.4, -0.2) is 24.8 Å². The van der Waals surface area contributed by atoms with Gasteiger partial charge in [-0.2, -0.15) is 8.78 Å². The van der Waals surface area contributed by atoms with Crippen LogP contribution in [0.25, 0.3) is 0 Å². The van der Waals surface area contributed by atoms with Crippen LogP contribution >= 0.6 is 11.8 Å². The first-order valence-corrected chi connectivity index (χ1v) is 8.20. The standard InChI is InChI=1S/C17H16F3NO2S/c18-13-3-7-15(8-4-13)24-11-16(22)21-10-9-12-1-5-14(6-2-12)23-17(19)20/h1-8,17H,9-11H2,(H,21,22). The molecular formula is C17H16F3NO2S. The zero-order valence-corrected chi connectivity index (χ0v) is 13.5. The summed E-state index contributed by atoms with van der Waals surface area (Å²) in [6.07, 6.45) is 0.585. The van der Waals surface area contributed by atoms with E-state index in [0.717, 1.165) is 10.5 Å². The Balaban J connectivity index is 1.67. The number of nitrogens with one attached hydrogen (secondary N) is 1. The summed E-state index contributed by atoms with van der Waals surface area (Å²) in [5, 5.41) is 2.77. The minimum atomic E-state index is -2.84. The molecule has 24 heavy (non-hydrogen) atoms. The number of hydrogen-bond acceptors (Lipinski definition) is 3. The number of amides is 1. The van der Waals surface area contributed by atoms with Crippen molar-refractivity contribution < 1.29 is 22.7 Å². The van der Waals surface area contributed by atoms with E-state index >= 15 is 0 Å². The third-order valence-electron chi connectivity index (χ3n) is 3.07. The highest BCUT2D eigenvalue weighted by Gasteiger charge is 2.05. The number of rotatable bonds is 8. The van der Waals surface area contributed by atoms with Crippen molar-refractivity contribution in [3.63, 3.8) is 0 Å². The Hall–Kier alpha value is -2.15. The van der Waals surface area contributed by atoms with Gasteiger partial charge in [0.15, 0.2) is 0 Å². The molecule has 1 N–H and O–H groups in total. The normalized spacial score (nSPS) is 10.7. The second-order valence-corrected chi connectivity index (χ2v) is 5.91. The van der Waals surface area contributed by atoms with E-state index in [0.29, 0.717) is 13.0 Å². The van der Waals surface area contributed by atoms with Gasteiger partial charge in [0.25, 0.3) is 0 Å². The molecule has 128 valence electrons. The van der Waals surface area contributed by atoms with Gasteiger partial charge in [-0.05, 0) is 48.4 Å². The van der Waals surface area contributed by atoms with Crippen molar-refractivity contribution in [1.29, 1.82) is 0 Å². The molecule has 0 aromatic heterocycles. The maximum absolute atomic E-state index is 12.8. The Bertz CT molecular complexity index is 648. The molecule has 7 heteroatoms. The van der Waals surface area contributed by atoms with Crippen LogP contribution in [0.3, 0.4) is 0 Å². The summed E-state index contributed by atoms with van der Waals surface area (Å²) >= 11 is 1.32. The molecule has 2 aromatic rings. The van der Waals surface area contributed by atoms with Crippen molar-refractivity contribution in [2.75, 3.05) is 12.3 Å². The largest absolute Gasteiger partial charge is 0.435 e.